The van der Waals surface area contributed by atoms with E-state index in [2.05, 4.69) is 16.0 Å². The van der Waals surface area contributed by atoms with Crippen LogP contribution in [0.5, 0.6) is 0 Å². The largest absolute Gasteiger partial charge is 0.376 e. The van der Waals surface area contributed by atoms with Crippen LogP contribution in [0.15, 0.2) is 42.5 Å². The second-order valence-corrected chi connectivity index (χ2v) is 5.70. The van der Waals surface area contributed by atoms with Gasteiger partial charge in [-0.2, -0.15) is 0 Å². The maximum Gasteiger partial charge on any atom is 0.243 e. The first-order valence-electron chi connectivity index (χ1n) is 7.68. The van der Waals surface area contributed by atoms with Crippen LogP contribution in [-0.2, 0) is 9.59 Å². The highest BCUT2D eigenvalue weighted by atomic mass is 35.5. The molecule has 6 heteroatoms. The van der Waals surface area contributed by atoms with E-state index >= 15 is 0 Å². The van der Waals surface area contributed by atoms with Gasteiger partial charge in [0.25, 0.3) is 0 Å². The highest BCUT2D eigenvalue weighted by Gasteiger charge is 2.07. The molecule has 2 amide bonds. The van der Waals surface area contributed by atoms with Crippen molar-refractivity contribution in [3.05, 3.63) is 53.1 Å². The van der Waals surface area contributed by atoms with Gasteiger partial charge in [-0.25, -0.2) is 0 Å². The lowest BCUT2D eigenvalue weighted by atomic mass is 10.2. The molecular formula is C18H20ClN3O2. The minimum Gasteiger partial charge on any atom is -0.376 e. The number of rotatable bonds is 6. The number of amides is 2. The average Bonchev–Trinajstić information content (AvgIpc) is 2.57. The maximum atomic E-state index is 12.1. The van der Waals surface area contributed by atoms with Gasteiger partial charge in [0.1, 0.15) is 0 Å². The molecule has 2 aromatic rings. The van der Waals surface area contributed by atoms with Crippen LogP contribution in [0.1, 0.15) is 18.9 Å². The smallest absolute Gasteiger partial charge is 0.243 e. The summed E-state index contributed by atoms with van der Waals surface area (Å²) in [5.41, 5.74) is 2.97. The summed E-state index contributed by atoms with van der Waals surface area (Å²) in [5, 5.41) is 9.25. The molecule has 0 unspecified atom stereocenters. The molecule has 24 heavy (non-hydrogen) atoms. The Morgan fingerprint density at radius 1 is 1.00 bits per heavy atom. The van der Waals surface area contributed by atoms with Gasteiger partial charge in [-0.05, 0) is 42.8 Å². The number of carbonyl (C=O) groups is 2. The number of anilines is 3. The fourth-order valence-corrected chi connectivity index (χ4v) is 2.25. The Balaban J connectivity index is 1.93. The van der Waals surface area contributed by atoms with Gasteiger partial charge >= 0.3 is 0 Å². The van der Waals surface area contributed by atoms with E-state index in [1.807, 2.05) is 19.1 Å². The Morgan fingerprint density at radius 2 is 1.71 bits per heavy atom. The third-order valence-corrected chi connectivity index (χ3v) is 3.87. The van der Waals surface area contributed by atoms with Crippen molar-refractivity contribution in [2.24, 2.45) is 0 Å². The fraction of sp³-hybridized carbons (Fsp3) is 0.222. The van der Waals surface area contributed by atoms with E-state index in [9.17, 15) is 9.59 Å². The molecule has 0 fully saturated rings. The van der Waals surface area contributed by atoms with Crippen LogP contribution < -0.4 is 16.0 Å². The van der Waals surface area contributed by atoms with Crippen molar-refractivity contribution in [3.63, 3.8) is 0 Å². The molecule has 0 aliphatic carbocycles. The van der Waals surface area contributed by atoms with Gasteiger partial charge in [0.2, 0.25) is 11.8 Å². The van der Waals surface area contributed by atoms with E-state index in [1.54, 1.807) is 37.3 Å². The zero-order valence-electron chi connectivity index (χ0n) is 13.7. The second kappa shape index (κ2) is 8.36. The molecule has 0 heterocycles. The van der Waals surface area contributed by atoms with Crippen molar-refractivity contribution < 1.29 is 9.59 Å². The highest BCUT2D eigenvalue weighted by molar-refractivity contribution is 6.31. The molecule has 0 saturated carbocycles. The number of hydrogen-bond acceptors (Lipinski definition) is 3. The lowest BCUT2D eigenvalue weighted by Crippen LogP contribution is -2.22. The zero-order valence-corrected chi connectivity index (χ0v) is 14.4. The molecule has 0 spiro atoms. The molecule has 0 atom stereocenters. The Kier molecular flexibility index (Phi) is 6.21. The molecule has 2 aromatic carbocycles. The van der Waals surface area contributed by atoms with E-state index in [-0.39, 0.29) is 18.4 Å². The predicted octanol–water partition coefficient (Wildman–Crippen LogP) is 4.05. The van der Waals surface area contributed by atoms with Crippen LogP contribution >= 0.6 is 11.6 Å². The summed E-state index contributed by atoms with van der Waals surface area (Å²) in [6.07, 6.45) is 0.416. The van der Waals surface area contributed by atoms with Gasteiger partial charge < -0.3 is 16.0 Å². The Hall–Kier alpha value is -2.53. The molecule has 0 aliphatic heterocycles. The first-order valence-corrected chi connectivity index (χ1v) is 8.06. The lowest BCUT2D eigenvalue weighted by molar-refractivity contribution is -0.116. The van der Waals surface area contributed by atoms with Gasteiger partial charge in [0.15, 0.2) is 0 Å². The van der Waals surface area contributed by atoms with Crippen molar-refractivity contribution in [1.82, 2.24) is 0 Å². The normalized spacial score (nSPS) is 10.1. The van der Waals surface area contributed by atoms with E-state index in [0.29, 0.717) is 22.8 Å². The van der Waals surface area contributed by atoms with Crippen LogP contribution in [0.4, 0.5) is 17.1 Å². The van der Waals surface area contributed by atoms with E-state index in [0.717, 1.165) is 11.3 Å². The quantitative estimate of drug-likeness (QED) is 0.739. The van der Waals surface area contributed by atoms with Crippen LogP contribution in [0.3, 0.4) is 0 Å². The summed E-state index contributed by atoms with van der Waals surface area (Å²) in [7, 11) is 0. The third kappa shape index (κ3) is 4.99. The Labute approximate surface area is 146 Å². The van der Waals surface area contributed by atoms with Gasteiger partial charge in [-0.3, -0.25) is 9.59 Å². The summed E-state index contributed by atoms with van der Waals surface area (Å²) in [4.78, 5) is 23.5. The second-order valence-electron chi connectivity index (χ2n) is 5.30. The van der Waals surface area contributed by atoms with Crippen molar-refractivity contribution >= 4 is 40.5 Å². The summed E-state index contributed by atoms with van der Waals surface area (Å²) in [6.45, 7) is 3.75. The number of hydrogen-bond donors (Lipinski definition) is 3. The first-order chi connectivity index (χ1) is 11.5. The van der Waals surface area contributed by atoms with Crippen molar-refractivity contribution in [2.75, 3.05) is 22.5 Å². The molecule has 0 bridgehead atoms. The number of nitrogens with one attached hydrogen (secondary N) is 3. The standard InChI is InChI=1S/C18H20ClN3O2/c1-3-17(23)21-14-7-4-6-13(10-14)20-11-18(24)22-16-9-5-8-15(19)12(16)2/h4-10,20H,3,11H2,1-2H3,(H,21,23)(H,22,24). The van der Waals surface area contributed by atoms with Crippen LogP contribution in [0.2, 0.25) is 5.02 Å². The van der Waals surface area contributed by atoms with E-state index in [4.69, 9.17) is 11.6 Å². The molecule has 0 radical (unpaired) electrons. The highest BCUT2D eigenvalue weighted by Crippen LogP contribution is 2.22. The summed E-state index contributed by atoms with van der Waals surface area (Å²) in [6, 6.07) is 12.6. The van der Waals surface area contributed by atoms with Gasteiger partial charge in [-0.1, -0.05) is 30.7 Å². The predicted molar refractivity (Wildman–Crippen MR) is 98.7 cm³/mol. The van der Waals surface area contributed by atoms with E-state index in [1.165, 1.54) is 0 Å². The summed E-state index contributed by atoms with van der Waals surface area (Å²) in [5.74, 6) is -0.232. The molecule has 126 valence electrons. The van der Waals surface area contributed by atoms with Gasteiger partial charge in [0.05, 0.1) is 6.54 Å². The average molecular weight is 346 g/mol. The first kappa shape index (κ1) is 17.8. The van der Waals surface area contributed by atoms with Gasteiger partial charge in [-0.15, -0.1) is 0 Å². The SMILES string of the molecule is CCC(=O)Nc1cccc(NCC(=O)Nc2cccc(Cl)c2C)c1. The minimum absolute atomic E-state index is 0.0543. The van der Waals surface area contributed by atoms with Gasteiger partial charge in [0, 0.05) is 28.5 Å². The van der Waals surface area contributed by atoms with Crippen molar-refractivity contribution in [1.29, 1.82) is 0 Å². The third-order valence-electron chi connectivity index (χ3n) is 3.46. The van der Waals surface area contributed by atoms with Crippen LogP contribution in [0.25, 0.3) is 0 Å². The lowest BCUT2D eigenvalue weighted by Gasteiger charge is -2.11. The van der Waals surface area contributed by atoms with Crippen molar-refractivity contribution in [2.45, 2.75) is 20.3 Å². The zero-order chi connectivity index (χ0) is 17.5. The maximum absolute atomic E-state index is 12.1. The molecular weight excluding hydrogens is 326 g/mol. The van der Waals surface area contributed by atoms with Crippen LogP contribution in [-0.4, -0.2) is 18.4 Å². The molecule has 5 nitrogen and oxygen atoms in total. The summed E-state index contributed by atoms with van der Waals surface area (Å²) < 4.78 is 0. The number of halogens is 1. The summed E-state index contributed by atoms with van der Waals surface area (Å²) >= 11 is 6.04. The Morgan fingerprint density at radius 3 is 2.46 bits per heavy atom. The van der Waals surface area contributed by atoms with E-state index < -0.39 is 0 Å². The fourth-order valence-electron chi connectivity index (χ4n) is 2.08. The number of carbonyl (C=O) groups excluding carboxylic acids is 2. The van der Waals surface area contributed by atoms with Crippen LogP contribution in [0, 0.1) is 6.92 Å². The monoisotopic (exact) mass is 345 g/mol. The minimum atomic E-state index is -0.177. The molecule has 0 aliphatic rings. The van der Waals surface area contributed by atoms with Crippen molar-refractivity contribution in [3.8, 4) is 0 Å². The molecule has 0 aromatic heterocycles. The Bertz CT molecular complexity index is 747. The molecule has 3 N–H and O–H groups in total. The topological polar surface area (TPSA) is 70.2 Å². The molecule has 2 rings (SSSR count). The molecule has 0 saturated heterocycles. The number of benzene rings is 2.